The van der Waals surface area contributed by atoms with Crippen molar-refractivity contribution < 1.29 is 0 Å². The second kappa shape index (κ2) is 2.43. The molecule has 1 rings (SSSR count). The van der Waals surface area contributed by atoms with Crippen LogP contribution in [0.3, 0.4) is 0 Å². The van der Waals surface area contributed by atoms with Gasteiger partial charge in [0.15, 0.2) is 5.84 Å². The summed E-state index contributed by atoms with van der Waals surface area (Å²) in [5, 5.41) is 14.1. The van der Waals surface area contributed by atoms with Gasteiger partial charge in [0.05, 0.1) is 0 Å². The van der Waals surface area contributed by atoms with E-state index in [-0.39, 0.29) is 5.84 Å². The molecule has 52 valence electrons. The molecule has 1 heterocycles. The van der Waals surface area contributed by atoms with E-state index < -0.39 is 0 Å². The van der Waals surface area contributed by atoms with Crippen LogP contribution in [0, 0.1) is 5.41 Å². The summed E-state index contributed by atoms with van der Waals surface area (Å²) in [5.74, 6) is 0.156. The van der Waals surface area contributed by atoms with E-state index in [1.165, 1.54) is 0 Å². The average molecular weight is 136 g/mol. The molecule has 0 saturated heterocycles. The maximum Gasteiger partial charge on any atom is 0.194 e. The van der Waals surface area contributed by atoms with Crippen molar-refractivity contribution >= 4 is 5.84 Å². The molecule has 0 bridgehead atoms. The zero-order valence-electron chi connectivity index (χ0n) is 5.68. The van der Waals surface area contributed by atoms with E-state index >= 15 is 0 Å². The van der Waals surface area contributed by atoms with Crippen molar-refractivity contribution in [2.75, 3.05) is 0 Å². The predicted molar refractivity (Wildman–Crippen MR) is 38.6 cm³/mol. The van der Waals surface area contributed by atoms with Gasteiger partial charge in [-0.05, 0) is 13.0 Å². The van der Waals surface area contributed by atoms with Gasteiger partial charge in [-0.1, -0.05) is 17.4 Å². The lowest BCUT2D eigenvalue weighted by molar-refractivity contribution is 0.909. The highest BCUT2D eigenvalue weighted by atomic mass is 15.5. The third-order valence-electron chi connectivity index (χ3n) is 0.966. The Hall–Kier alpha value is -1.45. The summed E-state index contributed by atoms with van der Waals surface area (Å²) in [5.41, 5.74) is 4.05. The number of amidine groups is 1. The van der Waals surface area contributed by atoms with Gasteiger partial charge in [0, 0.05) is 0 Å². The minimum absolute atomic E-state index is 0.156. The van der Waals surface area contributed by atoms with Crippen LogP contribution in [0.5, 0.6) is 0 Å². The standard InChI is InChI=1S/C6H8N4/c1-4(2)3-5-6(7)9-10-8-5/h3H,1H2,2H3,(H2,7,8,9)/b5-3+. The van der Waals surface area contributed by atoms with E-state index in [2.05, 4.69) is 22.3 Å². The molecule has 0 amide bonds. The van der Waals surface area contributed by atoms with Crippen LogP contribution >= 0.6 is 0 Å². The van der Waals surface area contributed by atoms with E-state index in [0.717, 1.165) is 5.57 Å². The van der Waals surface area contributed by atoms with Crippen LogP contribution < -0.4 is 5.43 Å². The molecule has 0 aromatic rings. The van der Waals surface area contributed by atoms with Gasteiger partial charge in [-0.25, -0.2) is 0 Å². The molecule has 0 unspecified atom stereocenters. The van der Waals surface area contributed by atoms with Crippen LogP contribution in [0.4, 0.5) is 0 Å². The lowest BCUT2D eigenvalue weighted by Gasteiger charge is -1.92. The molecule has 0 spiro atoms. The average Bonchev–Trinajstić information content (AvgIpc) is 2.15. The van der Waals surface area contributed by atoms with Crippen molar-refractivity contribution in [1.82, 2.24) is 5.43 Å². The smallest absolute Gasteiger partial charge is 0.194 e. The van der Waals surface area contributed by atoms with Gasteiger partial charge in [0.25, 0.3) is 0 Å². The van der Waals surface area contributed by atoms with Crippen LogP contribution in [0.2, 0.25) is 0 Å². The zero-order chi connectivity index (χ0) is 7.56. The number of nitrogens with one attached hydrogen (secondary N) is 2. The molecular formula is C6H8N4. The third-order valence-corrected chi connectivity index (χ3v) is 0.966. The van der Waals surface area contributed by atoms with Crippen LogP contribution in [0.1, 0.15) is 6.92 Å². The molecule has 1 aliphatic rings. The monoisotopic (exact) mass is 136 g/mol. The summed E-state index contributed by atoms with van der Waals surface area (Å²) in [6.45, 7) is 5.50. The normalized spacial score (nSPS) is 19.7. The highest BCUT2D eigenvalue weighted by Crippen LogP contribution is 2.04. The minimum atomic E-state index is 0.156. The topological polar surface area (TPSA) is 60.6 Å². The summed E-state index contributed by atoms with van der Waals surface area (Å²) in [6, 6.07) is 0. The molecule has 0 atom stereocenters. The highest BCUT2D eigenvalue weighted by molar-refractivity contribution is 5.97. The summed E-state index contributed by atoms with van der Waals surface area (Å²) < 4.78 is 0. The van der Waals surface area contributed by atoms with Crippen LogP contribution in [0.15, 0.2) is 34.3 Å². The summed E-state index contributed by atoms with van der Waals surface area (Å²) in [4.78, 5) is 0. The Morgan fingerprint density at radius 1 is 1.80 bits per heavy atom. The highest BCUT2D eigenvalue weighted by Gasteiger charge is 2.08. The van der Waals surface area contributed by atoms with E-state index in [9.17, 15) is 0 Å². The van der Waals surface area contributed by atoms with Crippen molar-refractivity contribution in [2.45, 2.75) is 6.92 Å². The van der Waals surface area contributed by atoms with Gasteiger partial charge in [0.2, 0.25) is 0 Å². The Bertz CT molecular complexity index is 236. The van der Waals surface area contributed by atoms with Gasteiger partial charge in [-0.2, -0.15) is 0 Å². The predicted octanol–water partition coefficient (Wildman–Crippen LogP) is 1.39. The number of hydrogen-bond acceptors (Lipinski definition) is 3. The Balaban J connectivity index is 2.77. The van der Waals surface area contributed by atoms with Gasteiger partial charge < -0.3 is 0 Å². The van der Waals surface area contributed by atoms with Gasteiger partial charge in [0.1, 0.15) is 5.70 Å². The quantitative estimate of drug-likeness (QED) is 0.562. The molecule has 10 heavy (non-hydrogen) atoms. The minimum Gasteiger partial charge on any atom is -0.279 e. The maximum absolute atomic E-state index is 7.17. The van der Waals surface area contributed by atoms with E-state index in [1.807, 2.05) is 6.92 Å². The second-order valence-electron chi connectivity index (χ2n) is 2.06. The second-order valence-corrected chi connectivity index (χ2v) is 2.06. The van der Waals surface area contributed by atoms with Crippen molar-refractivity contribution in [2.24, 2.45) is 10.3 Å². The van der Waals surface area contributed by atoms with Crippen molar-refractivity contribution in [3.8, 4) is 0 Å². The first kappa shape index (κ1) is 6.67. The summed E-state index contributed by atoms with van der Waals surface area (Å²) in [6.07, 6.45) is 1.72. The largest absolute Gasteiger partial charge is 0.279 e. The molecule has 0 radical (unpaired) electrons. The Morgan fingerprint density at radius 2 is 2.50 bits per heavy atom. The molecule has 0 aromatic heterocycles. The van der Waals surface area contributed by atoms with Crippen LogP contribution in [0.25, 0.3) is 0 Å². The maximum atomic E-state index is 7.17. The molecule has 4 nitrogen and oxygen atoms in total. The molecule has 0 fully saturated rings. The van der Waals surface area contributed by atoms with Crippen LogP contribution in [-0.4, -0.2) is 5.84 Å². The van der Waals surface area contributed by atoms with Crippen molar-refractivity contribution in [3.05, 3.63) is 23.9 Å². The summed E-state index contributed by atoms with van der Waals surface area (Å²) in [7, 11) is 0. The first-order valence-corrected chi connectivity index (χ1v) is 2.83. The lowest BCUT2D eigenvalue weighted by Crippen LogP contribution is -2.04. The first-order chi connectivity index (χ1) is 4.70. The fourth-order valence-corrected chi connectivity index (χ4v) is 0.583. The number of nitrogens with zero attached hydrogens (tertiary/aromatic N) is 2. The van der Waals surface area contributed by atoms with Crippen molar-refractivity contribution in [1.29, 1.82) is 5.41 Å². The number of allylic oxidation sites excluding steroid dienone is 2. The van der Waals surface area contributed by atoms with E-state index in [0.29, 0.717) is 5.70 Å². The Morgan fingerprint density at radius 3 is 2.90 bits per heavy atom. The first-order valence-electron chi connectivity index (χ1n) is 2.83. The Labute approximate surface area is 58.8 Å². The molecular weight excluding hydrogens is 128 g/mol. The van der Waals surface area contributed by atoms with Crippen molar-refractivity contribution in [3.63, 3.8) is 0 Å². The van der Waals surface area contributed by atoms with Gasteiger partial charge >= 0.3 is 0 Å². The molecule has 0 aromatic carbocycles. The summed E-state index contributed by atoms with van der Waals surface area (Å²) >= 11 is 0. The fourth-order valence-electron chi connectivity index (χ4n) is 0.583. The lowest BCUT2D eigenvalue weighted by atomic mass is 10.3. The molecule has 1 aliphatic heterocycles. The molecule has 2 N–H and O–H groups in total. The number of hydrogen-bond donors (Lipinski definition) is 2. The fraction of sp³-hybridized carbons (Fsp3) is 0.167. The van der Waals surface area contributed by atoms with E-state index in [1.54, 1.807) is 6.08 Å². The SMILES string of the molecule is C=C(C)/C=C1/NN=NC1=N. The van der Waals surface area contributed by atoms with Crippen LogP contribution in [-0.2, 0) is 0 Å². The molecule has 0 aliphatic carbocycles. The third kappa shape index (κ3) is 1.28. The molecule has 0 saturated carbocycles. The Kier molecular flexibility index (Phi) is 1.62. The van der Waals surface area contributed by atoms with Gasteiger partial charge in [-0.3, -0.25) is 10.8 Å². The molecule has 4 heteroatoms. The number of rotatable bonds is 1. The van der Waals surface area contributed by atoms with Gasteiger partial charge in [-0.15, -0.1) is 5.11 Å². The van der Waals surface area contributed by atoms with E-state index in [4.69, 9.17) is 5.41 Å². The zero-order valence-corrected chi connectivity index (χ0v) is 5.68.